The first-order valence-electron chi connectivity index (χ1n) is 7.56. The van der Waals surface area contributed by atoms with Crippen molar-refractivity contribution in [2.75, 3.05) is 0 Å². The van der Waals surface area contributed by atoms with Crippen molar-refractivity contribution in [2.24, 2.45) is 0 Å². The molecule has 0 aromatic heterocycles. The number of hydrogen-bond donors (Lipinski definition) is 1. The van der Waals surface area contributed by atoms with E-state index in [2.05, 4.69) is 30.8 Å². The molecule has 0 saturated heterocycles. The molecular weight excluding hydrogens is 248 g/mol. The summed E-state index contributed by atoms with van der Waals surface area (Å²) in [5, 5.41) is 8.53. The molecule has 110 valence electrons. The molecule has 0 aliphatic carbocycles. The topological polar surface area (TPSA) is 37.3 Å². The Morgan fingerprint density at radius 3 is 2.10 bits per heavy atom. The Bertz CT molecular complexity index is 418. The Labute approximate surface area is 122 Å². The fraction of sp³-hybridized carbons (Fsp3) is 0.500. The number of benzene rings is 1. The van der Waals surface area contributed by atoms with Gasteiger partial charge in [-0.3, -0.25) is 4.79 Å². The average Bonchev–Trinajstić information content (AvgIpc) is 2.42. The van der Waals surface area contributed by atoms with Gasteiger partial charge in [0.1, 0.15) is 0 Å². The number of carbonyl (C=O) groups is 1. The highest BCUT2D eigenvalue weighted by Gasteiger charge is 1.98. The minimum atomic E-state index is -0.678. The Kier molecular flexibility index (Phi) is 7.71. The van der Waals surface area contributed by atoms with Crippen LogP contribution in [0.4, 0.5) is 0 Å². The van der Waals surface area contributed by atoms with Crippen molar-refractivity contribution in [2.45, 2.75) is 58.3 Å². The predicted molar refractivity (Wildman–Crippen MR) is 84.8 cm³/mol. The van der Waals surface area contributed by atoms with E-state index in [0.717, 1.165) is 31.3 Å². The van der Waals surface area contributed by atoms with Crippen LogP contribution in [0.1, 0.15) is 63.0 Å². The number of carboxylic acid groups (broad SMARTS) is 1. The second kappa shape index (κ2) is 9.35. The SMILES string of the molecule is C=C(C)c1ccc(CCCCCCCCC(=O)O)cc1. The number of aliphatic carboxylic acids is 1. The van der Waals surface area contributed by atoms with Gasteiger partial charge in [-0.25, -0.2) is 0 Å². The number of aryl methyl sites for hydroxylation is 1. The molecule has 0 bridgehead atoms. The second-order valence-electron chi connectivity index (χ2n) is 5.49. The smallest absolute Gasteiger partial charge is 0.303 e. The third-order valence-corrected chi connectivity index (χ3v) is 3.55. The molecule has 0 radical (unpaired) electrons. The van der Waals surface area contributed by atoms with E-state index in [-0.39, 0.29) is 0 Å². The van der Waals surface area contributed by atoms with Crippen LogP contribution < -0.4 is 0 Å². The van der Waals surface area contributed by atoms with Crippen LogP contribution in [0, 0.1) is 0 Å². The number of carboxylic acids is 1. The first-order valence-corrected chi connectivity index (χ1v) is 7.56. The molecule has 1 N–H and O–H groups in total. The number of rotatable bonds is 10. The van der Waals surface area contributed by atoms with Gasteiger partial charge >= 0.3 is 5.97 Å². The van der Waals surface area contributed by atoms with E-state index in [1.54, 1.807) is 0 Å². The number of unbranched alkanes of at least 4 members (excludes halogenated alkanes) is 5. The first-order chi connectivity index (χ1) is 9.59. The molecule has 0 fully saturated rings. The van der Waals surface area contributed by atoms with Gasteiger partial charge in [-0.15, -0.1) is 0 Å². The van der Waals surface area contributed by atoms with Crippen LogP contribution in [0.2, 0.25) is 0 Å². The van der Waals surface area contributed by atoms with Gasteiger partial charge in [0.25, 0.3) is 0 Å². The number of allylic oxidation sites excluding steroid dienone is 1. The van der Waals surface area contributed by atoms with Crippen molar-refractivity contribution in [3.05, 3.63) is 42.0 Å². The van der Waals surface area contributed by atoms with Crippen LogP contribution in [0.5, 0.6) is 0 Å². The summed E-state index contributed by atoms with van der Waals surface area (Å²) in [6, 6.07) is 8.67. The lowest BCUT2D eigenvalue weighted by molar-refractivity contribution is -0.137. The van der Waals surface area contributed by atoms with Crippen LogP contribution >= 0.6 is 0 Å². The van der Waals surface area contributed by atoms with Crippen molar-refractivity contribution in [3.8, 4) is 0 Å². The summed E-state index contributed by atoms with van der Waals surface area (Å²) in [5.74, 6) is -0.678. The lowest BCUT2D eigenvalue weighted by Gasteiger charge is -2.04. The van der Waals surface area contributed by atoms with Gasteiger partial charge < -0.3 is 5.11 Å². The highest BCUT2D eigenvalue weighted by molar-refractivity contribution is 5.66. The largest absolute Gasteiger partial charge is 0.481 e. The van der Waals surface area contributed by atoms with Crippen LogP contribution in [0.3, 0.4) is 0 Å². The van der Waals surface area contributed by atoms with E-state index in [0.29, 0.717) is 6.42 Å². The molecule has 2 nitrogen and oxygen atoms in total. The van der Waals surface area contributed by atoms with E-state index in [9.17, 15) is 4.79 Å². The molecule has 1 aromatic carbocycles. The van der Waals surface area contributed by atoms with Gasteiger partial charge in [0.05, 0.1) is 0 Å². The molecule has 0 amide bonds. The molecule has 0 unspecified atom stereocenters. The zero-order valence-electron chi connectivity index (χ0n) is 12.5. The standard InChI is InChI=1S/C18H26O2/c1-15(2)17-13-11-16(12-14-17)9-7-5-3-4-6-8-10-18(19)20/h11-14H,1,3-10H2,2H3,(H,19,20). The normalized spacial score (nSPS) is 10.4. The lowest BCUT2D eigenvalue weighted by atomic mass is 10.0. The van der Waals surface area contributed by atoms with Gasteiger partial charge in [-0.05, 0) is 37.3 Å². The maximum atomic E-state index is 10.4. The maximum Gasteiger partial charge on any atom is 0.303 e. The third kappa shape index (κ3) is 7.13. The van der Waals surface area contributed by atoms with Gasteiger partial charge in [-0.1, -0.05) is 62.1 Å². The van der Waals surface area contributed by atoms with Crippen molar-refractivity contribution in [1.29, 1.82) is 0 Å². The Balaban J connectivity index is 2.06. The quantitative estimate of drug-likeness (QED) is 0.604. The summed E-state index contributed by atoms with van der Waals surface area (Å²) in [5.41, 5.74) is 3.71. The zero-order chi connectivity index (χ0) is 14.8. The maximum absolute atomic E-state index is 10.4. The highest BCUT2D eigenvalue weighted by atomic mass is 16.4. The predicted octanol–water partition coefficient (Wildman–Crippen LogP) is 5.08. The van der Waals surface area contributed by atoms with E-state index in [1.807, 2.05) is 6.92 Å². The van der Waals surface area contributed by atoms with E-state index in [1.165, 1.54) is 30.4 Å². The molecule has 0 aliphatic rings. The zero-order valence-corrected chi connectivity index (χ0v) is 12.5. The van der Waals surface area contributed by atoms with Crippen LogP contribution in [0.15, 0.2) is 30.8 Å². The van der Waals surface area contributed by atoms with E-state index in [4.69, 9.17) is 5.11 Å². The molecule has 1 rings (SSSR count). The lowest BCUT2D eigenvalue weighted by Crippen LogP contribution is -1.93. The second-order valence-corrected chi connectivity index (χ2v) is 5.49. The molecule has 0 spiro atoms. The molecule has 1 aromatic rings. The fourth-order valence-electron chi connectivity index (χ4n) is 2.27. The van der Waals surface area contributed by atoms with E-state index >= 15 is 0 Å². The van der Waals surface area contributed by atoms with Gasteiger partial charge in [0.2, 0.25) is 0 Å². The molecule has 20 heavy (non-hydrogen) atoms. The fourth-order valence-corrected chi connectivity index (χ4v) is 2.27. The third-order valence-electron chi connectivity index (χ3n) is 3.55. The summed E-state index contributed by atoms with van der Waals surface area (Å²) in [7, 11) is 0. The minimum absolute atomic E-state index is 0.315. The molecule has 0 atom stereocenters. The monoisotopic (exact) mass is 274 g/mol. The van der Waals surface area contributed by atoms with Crippen molar-refractivity contribution >= 4 is 11.5 Å². The van der Waals surface area contributed by atoms with Crippen molar-refractivity contribution in [3.63, 3.8) is 0 Å². The Hall–Kier alpha value is -1.57. The van der Waals surface area contributed by atoms with Crippen molar-refractivity contribution in [1.82, 2.24) is 0 Å². The van der Waals surface area contributed by atoms with Crippen molar-refractivity contribution < 1.29 is 9.90 Å². The summed E-state index contributed by atoms with van der Waals surface area (Å²) in [6.45, 7) is 5.97. The molecular formula is C18H26O2. The van der Waals surface area contributed by atoms with Crippen LogP contribution in [-0.2, 0) is 11.2 Å². The summed E-state index contributed by atoms with van der Waals surface area (Å²) in [4.78, 5) is 10.4. The van der Waals surface area contributed by atoms with Gasteiger partial charge in [0.15, 0.2) is 0 Å². The van der Waals surface area contributed by atoms with Gasteiger partial charge in [0, 0.05) is 6.42 Å². The molecule has 0 heterocycles. The van der Waals surface area contributed by atoms with Crippen LogP contribution in [0.25, 0.3) is 5.57 Å². The first kappa shape index (κ1) is 16.5. The summed E-state index contributed by atoms with van der Waals surface area (Å²) < 4.78 is 0. The molecule has 0 saturated carbocycles. The summed E-state index contributed by atoms with van der Waals surface area (Å²) in [6.07, 6.45) is 8.12. The Morgan fingerprint density at radius 1 is 1.00 bits per heavy atom. The van der Waals surface area contributed by atoms with E-state index < -0.39 is 5.97 Å². The molecule has 0 aliphatic heterocycles. The van der Waals surface area contributed by atoms with Gasteiger partial charge in [-0.2, -0.15) is 0 Å². The summed E-state index contributed by atoms with van der Waals surface area (Å²) >= 11 is 0. The average molecular weight is 274 g/mol. The Morgan fingerprint density at radius 2 is 1.55 bits per heavy atom. The van der Waals surface area contributed by atoms with Crippen LogP contribution in [-0.4, -0.2) is 11.1 Å². The number of hydrogen-bond acceptors (Lipinski definition) is 1. The highest BCUT2D eigenvalue weighted by Crippen LogP contribution is 2.15. The minimum Gasteiger partial charge on any atom is -0.481 e. The molecule has 2 heteroatoms.